The maximum Gasteiger partial charge on any atom is 0.471 e. The highest BCUT2D eigenvalue weighted by molar-refractivity contribution is 6.31. The number of halogens is 4. The summed E-state index contributed by atoms with van der Waals surface area (Å²) >= 11 is 5.99. The summed E-state index contributed by atoms with van der Waals surface area (Å²) in [6.45, 7) is 1.62. The molecule has 0 atom stereocenters. The predicted octanol–water partition coefficient (Wildman–Crippen LogP) is 3.92. The molecule has 0 aromatic heterocycles. The Bertz CT molecular complexity index is 865. The third-order valence-corrected chi connectivity index (χ3v) is 3.84. The number of hydrogen-bond donors (Lipinski definition) is 2. The van der Waals surface area contributed by atoms with Crippen LogP contribution >= 0.6 is 11.6 Å². The van der Waals surface area contributed by atoms with Gasteiger partial charge in [-0.05, 0) is 36.2 Å². The Kier molecular flexibility index (Phi) is 6.57. The lowest BCUT2D eigenvalue weighted by molar-refractivity contribution is -0.167. The molecular weight excluding hydrogens is 383 g/mol. The number of benzene rings is 2. The molecule has 2 aromatic rings. The van der Waals surface area contributed by atoms with Crippen LogP contribution in [0.3, 0.4) is 0 Å². The molecule has 2 amide bonds. The van der Waals surface area contributed by atoms with Gasteiger partial charge in [-0.3, -0.25) is 9.59 Å². The lowest BCUT2D eigenvalue weighted by atomic mass is 10.1. The van der Waals surface area contributed by atoms with Gasteiger partial charge in [0, 0.05) is 10.7 Å². The van der Waals surface area contributed by atoms with Crippen LogP contribution in [0.1, 0.15) is 18.1 Å². The molecule has 0 fully saturated rings. The van der Waals surface area contributed by atoms with E-state index in [0.29, 0.717) is 21.9 Å². The van der Waals surface area contributed by atoms with Gasteiger partial charge in [-0.1, -0.05) is 41.9 Å². The van der Waals surface area contributed by atoms with Crippen LogP contribution < -0.4 is 10.7 Å². The molecule has 2 aromatic carbocycles. The number of nitrogens with one attached hydrogen (secondary N) is 2. The predicted molar refractivity (Wildman–Crippen MR) is 96.6 cm³/mol. The summed E-state index contributed by atoms with van der Waals surface area (Å²) in [5, 5.41) is 6.18. The van der Waals surface area contributed by atoms with Crippen molar-refractivity contribution in [1.29, 1.82) is 0 Å². The van der Waals surface area contributed by atoms with Crippen molar-refractivity contribution >= 4 is 34.8 Å². The Morgan fingerprint density at radius 1 is 1.07 bits per heavy atom. The summed E-state index contributed by atoms with van der Waals surface area (Å²) in [4.78, 5) is 22.8. The molecule has 0 heterocycles. The third kappa shape index (κ3) is 6.10. The number of hydrazone groups is 1. The molecule has 0 spiro atoms. The van der Waals surface area contributed by atoms with E-state index in [1.165, 1.54) is 24.3 Å². The van der Waals surface area contributed by atoms with E-state index in [4.69, 9.17) is 11.6 Å². The Morgan fingerprint density at radius 3 is 2.30 bits per heavy atom. The maximum absolute atomic E-state index is 12.2. The molecule has 9 heteroatoms. The molecule has 0 saturated heterocycles. The van der Waals surface area contributed by atoms with Crippen LogP contribution in [0.4, 0.5) is 18.9 Å². The van der Waals surface area contributed by atoms with Gasteiger partial charge in [-0.15, -0.1) is 0 Å². The van der Waals surface area contributed by atoms with Crippen molar-refractivity contribution in [3.05, 3.63) is 64.7 Å². The first-order chi connectivity index (χ1) is 12.7. The lowest BCUT2D eigenvalue weighted by Gasteiger charge is -2.09. The van der Waals surface area contributed by atoms with Gasteiger partial charge in [0.05, 0.1) is 12.1 Å². The fraction of sp³-hybridized carbons (Fsp3) is 0.167. The second-order valence-electron chi connectivity index (χ2n) is 5.53. The SMILES string of the molecule is C/C(=N/NC(=O)Cc1ccccc1Cl)c1ccc(NC(=O)C(F)(F)F)cc1. The van der Waals surface area contributed by atoms with Crippen LogP contribution in [-0.4, -0.2) is 23.7 Å². The molecule has 5 nitrogen and oxygen atoms in total. The standard InChI is InChI=1S/C18H15ClF3N3O2/c1-11(24-25-16(26)10-13-4-2-3-5-15(13)19)12-6-8-14(9-7-12)23-17(27)18(20,21)22/h2-9H,10H2,1H3,(H,23,27)(H,25,26)/b24-11-. The van der Waals surface area contributed by atoms with E-state index in [2.05, 4.69) is 10.5 Å². The van der Waals surface area contributed by atoms with E-state index in [-0.39, 0.29) is 18.0 Å². The minimum atomic E-state index is -4.96. The van der Waals surface area contributed by atoms with Crippen molar-refractivity contribution in [3.63, 3.8) is 0 Å². The lowest BCUT2D eigenvalue weighted by Crippen LogP contribution is -2.29. The molecule has 0 saturated carbocycles. The van der Waals surface area contributed by atoms with Crippen molar-refractivity contribution in [2.45, 2.75) is 19.5 Å². The fourth-order valence-corrected chi connectivity index (χ4v) is 2.26. The van der Waals surface area contributed by atoms with Crippen LogP contribution in [0.25, 0.3) is 0 Å². The summed E-state index contributed by atoms with van der Waals surface area (Å²) in [6, 6.07) is 12.5. The third-order valence-electron chi connectivity index (χ3n) is 3.48. The number of nitrogens with zero attached hydrogens (tertiary/aromatic N) is 1. The Morgan fingerprint density at radius 2 is 1.70 bits per heavy atom. The zero-order valence-electron chi connectivity index (χ0n) is 14.1. The Hall–Kier alpha value is -2.87. The molecule has 0 unspecified atom stereocenters. The monoisotopic (exact) mass is 397 g/mol. The summed E-state index contributed by atoms with van der Waals surface area (Å²) in [5.41, 5.74) is 4.06. The van der Waals surface area contributed by atoms with Crippen LogP contribution in [0, 0.1) is 0 Å². The first-order valence-electron chi connectivity index (χ1n) is 7.72. The topological polar surface area (TPSA) is 70.6 Å². The normalized spacial score (nSPS) is 11.8. The summed E-state index contributed by atoms with van der Waals surface area (Å²) in [7, 11) is 0. The van der Waals surface area contributed by atoms with E-state index in [1.54, 1.807) is 36.5 Å². The van der Waals surface area contributed by atoms with Crippen molar-refractivity contribution in [1.82, 2.24) is 5.43 Å². The van der Waals surface area contributed by atoms with Crippen molar-refractivity contribution in [2.75, 3.05) is 5.32 Å². The number of carbonyl (C=O) groups excluding carboxylic acids is 2. The number of anilines is 1. The van der Waals surface area contributed by atoms with Gasteiger partial charge in [-0.2, -0.15) is 18.3 Å². The van der Waals surface area contributed by atoms with Crippen molar-refractivity contribution < 1.29 is 22.8 Å². The van der Waals surface area contributed by atoms with E-state index < -0.39 is 12.1 Å². The number of amides is 2. The van der Waals surface area contributed by atoms with Crippen LogP contribution in [0.5, 0.6) is 0 Å². The van der Waals surface area contributed by atoms with E-state index in [1.807, 2.05) is 0 Å². The number of hydrogen-bond acceptors (Lipinski definition) is 3. The molecule has 142 valence electrons. The largest absolute Gasteiger partial charge is 0.471 e. The summed E-state index contributed by atoms with van der Waals surface area (Å²) < 4.78 is 36.7. The van der Waals surface area contributed by atoms with Gasteiger partial charge in [0.25, 0.3) is 0 Å². The van der Waals surface area contributed by atoms with Gasteiger partial charge in [-0.25, -0.2) is 5.43 Å². The number of carbonyl (C=O) groups is 2. The fourth-order valence-electron chi connectivity index (χ4n) is 2.06. The average Bonchev–Trinajstić information content (AvgIpc) is 2.61. The molecule has 0 aliphatic carbocycles. The molecule has 0 aliphatic heterocycles. The van der Waals surface area contributed by atoms with Crippen molar-refractivity contribution in [2.24, 2.45) is 5.10 Å². The molecule has 0 aliphatic rings. The van der Waals surface area contributed by atoms with Crippen molar-refractivity contribution in [3.8, 4) is 0 Å². The zero-order chi connectivity index (χ0) is 20.0. The van der Waals surface area contributed by atoms with Crippen LogP contribution in [0.15, 0.2) is 53.6 Å². The van der Waals surface area contributed by atoms with E-state index in [9.17, 15) is 22.8 Å². The highest BCUT2D eigenvalue weighted by Crippen LogP contribution is 2.19. The van der Waals surface area contributed by atoms with E-state index >= 15 is 0 Å². The molecule has 0 bridgehead atoms. The van der Waals surface area contributed by atoms with Crippen LogP contribution in [-0.2, 0) is 16.0 Å². The maximum atomic E-state index is 12.2. The van der Waals surface area contributed by atoms with Gasteiger partial charge in [0.2, 0.25) is 5.91 Å². The van der Waals surface area contributed by atoms with Gasteiger partial charge < -0.3 is 5.32 Å². The minimum absolute atomic E-state index is 0.00312. The van der Waals surface area contributed by atoms with Gasteiger partial charge in [0.1, 0.15) is 0 Å². The highest BCUT2D eigenvalue weighted by Gasteiger charge is 2.38. The average molecular weight is 398 g/mol. The molecular formula is C18H15ClF3N3O2. The molecule has 27 heavy (non-hydrogen) atoms. The van der Waals surface area contributed by atoms with E-state index in [0.717, 1.165) is 0 Å². The first-order valence-corrected chi connectivity index (χ1v) is 8.10. The zero-order valence-corrected chi connectivity index (χ0v) is 14.9. The quantitative estimate of drug-likeness (QED) is 0.593. The Balaban J connectivity index is 1.96. The molecule has 0 radical (unpaired) electrons. The molecule has 2 rings (SSSR count). The minimum Gasteiger partial charge on any atom is -0.318 e. The Labute approximate surface area is 158 Å². The summed E-state index contributed by atoms with van der Waals surface area (Å²) in [6.07, 6.45) is -4.90. The first kappa shape index (κ1) is 20.4. The van der Waals surface area contributed by atoms with Crippen LogP contribution in [0.2, 0.25) is 5.02 Å². The smallest absolute Gasteiger partial charge is 0.318 e. The number of rotatable bonds is 5. The molecule has 2 N–H and O–H groups in total. The second kappa shape index (κ2) is 8.68. The number of alkyl halides is 3. The second-order valence-corrected chi connectivity index (χ2v) is 5.94. The van der Waals surface area contributed by atoms with Gasteiger partial charge >= 0.3 is 12.1 Å². The summed E-state index contributed by atoms with van der Waals surface area (Å²) in [5.74, 6) is -2.41. The highest BCUT2D eigenvalue weighted by atomic mass is 35.5. The van der Waals surface area contributed by atoms with Gasteiger partial charge in [0.15, 0.2) is 0 Å².